The van der Waals surface area contributed by atoms with Gasteiger partial charge in [-0.1, -0.05) is 19.1 Å². The van der Waals surface area contributed by atoms with Crippen LogP contribution >= 0.6 is 0 Å². The molecule has 0 aliphatic rings. The molecule has 0 saturated carbocycles. The lowest BCUT2D eigenvalue weighted by molar-refractivity contribution is 0.122. The average molecular weight is 227 g/mol. The molecule has 4 heteroatoms. The highest BCUT2D eigenvalue weighted by Gasteiger charge is 2.18. The Morgan fingerprint density at radius 2 is 1.94 bits per heavy atom. The Morgan fingerprint density at radius 1 is 1.31 bits per heavy atom. The van der Waals surface area contributed by atoms with Crippen LogP contribution in [-0.2, 0) is 0 Å². The number of benzene rings is 1. The van der Waals surface area contributed by atoms with Gasteiger partial charge < -0.3 is 15.5 Å². The molecule has 0 fully saturated rings. The van der Waals surface area contributed by atoms with Crippen LogP contribution in [-0.4, -0.2) is 29.4 Å². The molecule has 3 nitrogen and oxygen atoms in total. The fourth-order valence-electron chi connectivity index (χ4n) is 1.62. The Balaban J connectivity index is 2.66. The molecule has 0 radical (unpaired) electrons. The smallest absolute Gasteiger partial charge is 0.123 e. The Morgan fingerprint density at radius 3 is 2.44 bits per heavy atom. The van der Waals surface area contributed by atoms with Gasteiger partial charge in [0.05, 0.1) is 12.7 Å². The van der Waals surface area contributed by atoms with Crippen LogP contribution in [0.25, 0.3) is 0 Å². The maximum Gasteiger partial charge on any atom is 0.123 e. The fourth-order valence-corrected chi connectivity index (χ4v) is 1.62. The summed E-state index contributed by atoms with van der Waals surface area (Å²) in [6, 6.07) is 5.68. The number of halogens is 1. The van der Waals surface area contributed by atoms with Crippen molar-refractivity contribution < 1.29 is 14.6 Å². The zero-order chi connectivity index (χ0) is 12.0. The molecule has 16 heavy (non-hydrogen) atoms. The molecule has 0 saturated heterocycles. The van der Waals surface area contributed by atoms with Crippen LogP contribution in [0.5, 0.6) is 0 Å². The van der Waals surface area contributed by atoms with E-state index in [-0.39, 0.29) is 18.5 Å². The second-order valence-corrected chi connectivity index (χ2v) is 3.69. The van der Waals surface area contributed by atoms with Gasteiger partial charge in [0.2, 0.25) is 0 Å². The number of nitrogens with one attached hydrogen (secondary N) is 1. The minimum atomic E-state index is -0.683. The SMILES string of the molecule is CCC(NCCO)C(O)c1ccc(F)cc1. The van der Waals surface area contributed by atoms with E-state index in [0.29, 0.717) is 12.1 Å². The van der Waals surface area contributed by atoms with E-state index in [4.69, 9.17) is 5.11 Å². The summed E-state index contributed by atoms with van der Waals surface area (Å²) in [5.41, 5.74) is 0.679. The quantitative estimate of drug-likeness (QED) is 0.685. The van der Waals surface area contributed by atoms with E-state index in [1.54, 1.807) is 12.1 Å². The van der Waals surface area contributed by atoms with Gasteiger partial charge in [-0.15, -0.1) is 0 Å². The third-order valence-corrected chi connectivity index (χ3v) is 2.55. The number of aliphatic hydroxyl groups excluding tert-OH is 2. The summed E-state index contributed by atoms with van der Waals surface area (Å²) in [4.78, 5) is 0. The number of hydrogen-bond donors (Lipinski definition) is 3. The third kappa shape index (κ3) is 3.56. The summed E-state index contributed by atoms with van der Waals surface area (Å²) >= 11 is 0. The van der Waals surface area contributed by atoms with Gasteiger partial charge >= 0.3 is 0 Å². The van der Waals surface area contributed by atoms with Crippen LogP contribution in [0.1, 0.15) is 25.0 Å². The summed E-state index contributed by atoms with van der Waals surface area (Å²) in [5, 5.41) is 21.8. The van der Waals surface area contributed by atoms with Gasteiger partial charge in [-0.3, -0.25) is 0 Å². The lowest BCUT2D eigenvalue weighted by atomic mass is 10.0. The second kappa shape index (κ2) is 6.58. The zero-order valence-corrected chi connectivity index (χ0v) is 9.36. The van der Waals surface area contributed by atoms with Gasteiger partial charge in [0.15, 0.2) is 0 Å². The van der Waals surface area contributed by atoms with E-state index >= 15 is 0 Å². The van der Waals surface area contributed by atoms with Crippen molar-refractivity contribution in [3.8, 4) is 0 Å². The molecular formula is C12H18FNO2. The van der Waals surface area contributed by atoms with Crippen LogP contribution in [0.3, 0.4) is 0 Å². The Hall–Kier alpha value is -0.970. The highest BCUT2D eigenvalue weighted by atomic mass is 19.1. The highest BCUT2D eigenvalue weighted by Crippen LogP contribution is 2.19. The van der Waals surface area contributed by atoms with E-state index in [2.05, 4.69) is 5.32 Å². The van der Waals surface area contributed by atoms with Crippen LogP contribution in [0.15, 0.2) is 24.3 Å². The molecule has 0 aliphatic carbocycles. The summed E-state index contributed by atoms with van der Waals surface area (Å²) in [6.07, 6.45) is 0.0515. The third-order valence-electron chi connectivity index (χ3n) is 2.55. The molecular weight excluding hydrogens is 209 g/mol. The van der Waals surface area contributed by atoms with Crippen molar-refractivity contribution in [1.82, 2.24) is 5.32 Å². The molecule has 1 aromatic carbocycles. The molecule has 0 amide bonds. The van der Waals surface area contributed by atoms with Gasteiger partial charge in [0, 0.05) is 12.6 Å². The lowest BCUT2D eigenvalue weighted by Crippen LogP contribution is -2.36. The summed E-state index contributed by atoms with van der Waals surface area (Å²) < 4.78 is 12.7. The maximum atomic E-state index is 12.7. The first-order valence-electron chi connectivity index (χ1n) is 5.46. The van der Waals surface area contributed by atoms with E-state index in [1.807, 2.05) is 6.92 Å². The topological polar surface area (TPSA) is 52.5 Å². The van der Waals surface area contributed by atoms with Crippen LogP contribution in [0, 0.1) is 5.82 Å². The fraction of sp³-hybridized carbons (Fsp3) is 0.500. The summed E-state index contributed by atoms with van der Waals surface area (Å²) in [6.45, 7) is 2.42. The molecule has 0 spiro atoms. The monoisotopic (exact) mass is 227 g/mol. The van der Waals surface area contributed by atoms with Crippen molar-refractivity contribution in [3.05, 3.63) is 35.6 Å². The number of rotatable bonds is 6. The lowest BCUT2D eigenvalue weighted by Gasteiger charge is -2.23. The van der Waals surface area contributed by atoms with Crippen LogP contribution in [0.2, 0.25) is 0 Å². The molecule has 2 atom stereocenters. The minimum Gasteiger partial charge on any atom is -0.395 e. The van der Waals surface area contributed by atoms with Gasteiger partial charge in [-0.2, -0.15) is 0 Å². The molecule has 1 rings (SSSR count). The molecule has 3 N–H and O–H groups in total. The van der Waals surface area contributed by atoms with Gasteiger partial charge in [-0.25, -0.2) is 4.39 Å². The van der Waals surface area contributed by atoms with Crippen molar-refractivity contribution in [3.63, 3.8) is 0 Å². The first-order valence-corrected chi connectivity index (χ1v) is 5.46. The molecule has 2 unspecified atom stereocenters. The predicted molar refractivity (Wildman–Crippen MR) is 60.5 cm³/mol. The summed E-state index contributed by atoms with van der Waals surface area (Å²) in [7, 11) is 0. The van der Waals surface area contributed by atoms with Gasteiger partial charge in [0.25, 0.3) is 0 Å². The Kier molecular flexibility index (Phi) is 5.38. The Bertz CT molecular complexity index is 302. The Labute approximate surface area is 94.9 Å². The second-order valence-electron chi connectivity index (χ2n) is 3.69. The normalized spacial score (nSPS) is 14.8. The largest absolute Gasteiger partial charge is 0.395 e. The van der Waals surface area contributed by atoms with Gasteiger partial charge in [-0.05, 0) is 24.1 Å². The molecule has 1 aromatic rings. The average Bonchev–Trinajstić information content (AvgIpc) is 2.30. The number of hydrogen-bond acceptors (Lipinski definition) is 3. The number of aliphatic hydroxyl groups is 2. The van der Waals surface area contributed by atoms with Crippen LogP contribution in [0.4, 0.5) is 4.39 Å². The first-order chi connectivity index (χ1) is 7.69. The maximum absolute atomic E-state index is 12.7. The van der Waals surface area contributed by atoms with E-state index in [1.165, 1.54) is 12.1 Å². The molecule has 0 aliphatic heterocycles. The first kappa shape index (κ1) is 13.1. The van der Waals surface area contributed by atoms with Crippen molar-refractivity contribution in [2.75, 3.05) is 13.2 Å². The van der Waals surface area contributed by atoms with E-state index in [9.17, 15) is 9.50 Å². The summed E-state index contributed by atoms with van der Waals surface area (Å²) in [5.74, 6) is -0.313. The van der Waals surface area contributed by atoms with E-state index < -0.39 is 6.10 Å². The van der Waals surface area contributed by atoms with Crippen molar-refractivity contribution in [1.29, 1.82) is 0 Å². The van der Waals surface area contributed by atoms with Crippen molar-refractivity contribution in [2.24, 2.45) is 0 Å². The van der Waals surface area contributed by atoms with Gasteiger partial charge in [0.1, 0.15) is 5.82 Å². The van der Waals surface area contributed by atoms with Crippen molar-refractivity contribution in [2.45, 2.75) is 25.5 Å². The molecule has 0 heterocycles. The predicted octanol–water partition coefficient (Wildman–Crippen LogP) is 1.22. The molecule has 0 bridgehead atoms. The van der Waals surface area contributed by atoms with Crippen molar-refractivity contribution >= 4 is 0 Å². The molecule has 0 aromatic heterocycles. The van der Waals surface area contributed by atoms with E-state index in [0.717, 1.165) is 6.42 Å². The highest BCUT2D eigenvalue weighted by molar-refractivity contribution is 5.19. The standard InChI is InChI=1S/C12H18FNO2/c1-2-11(14-7-8-15)12(16)9-3-5-10(13)6-4-9/h3-6,11-12,14-16H,2,7-8H2,1H3. The molecule has 90 valence electrons. The van der Waals surface area contributed by atoms with Crippen LogP contribution < -0.4 is 5.32 Å². The zero-order valence-electron chi connectivity index (χ0n) is 9.36. The minimum absolute atomic E-state index is 0.0344.